The van der Waals surface area contributed by atoms with Crippen molar-refractivity contribution in [1.82, 2.24) is 45.4 Å². The van der Waals surface area contributed by atoms with E-state index in [1.807, 2.05) is 231 Å². The molecule has 12 aromatic carbocycles. The standard InChI is InChI=1S/C44H42N4O4S.C39H34N4O2S.C25H28N4O4S.C5H9ClO2/c1-32(2)42(49)51-31-52-43(50)40-41(53-39-27-23-34(24-28-39)33-21-25-38(26-22-33)47-29-13-6-14-30-47)45-46-48(40)44(35-15-7-3-8-16-35,36-17-9-4-10-18-36)37-19-11-5-12-20-37;44-38(45)36-37(46-35-25-21-30(22-26-35)29-19-23-34(24-20-29)42-27-11-4-12-28-42)40-41-43(36)39(31-13-5-1-6-14-31,32-15-7-2-8-16-32)33-17-9-3-10-18-33;1-17(2)24(30)32-16-33-25(31)22-23(27-28-26-22)34-21-12-8-19(9-13-21)18-6-10-20(11-7-18)29-14-4-3-5-15-29;1-4(2)5(7)8-3-6/h3-5,7-12,15-28,32H,6,13-14,29-31H2,1-2H3;1-3,5-10,13-26H,4,11-12,27-28H2,(H,44,45);6-13,17H,3-5,14-16H2,1-2H3,(H,26,27,28);4H,3H2,1-2H3. The van der Waals surface area contributed by atoms with Gasteiger partial charge in [0.2, 0.25) is 19.3 Å². The smallest absolute Gasteiger partial charge is 0.364 e. The molecule has 3 saturated heterocycles. The van der Waals surface area contributed by atoms with Gasteiger partial charge in [0.25, 0.3) is 0 Å². The number of aromatic nitrogens is 9. The predicted molar refractivity (Wildman–Crippen MR) is 553 cm³/mol. The summed E-state index contributed by atoms with van der Waals surface area (Å²) in [5.41, 5.74) is 13.8. The van der Waals surface area contributed by atoms with Crippen LogP contribution in [-0.2, 0) is 49.1 Å². The lowest BCUT2D eigenvalue weighted by atomic mass is 9.77. The second kappa shape index (κ2) is 49.5. The molecular formula is C113H113ClN12O12S3. The third-order valence-corrected chi connectivity index (χ3v) is 27.6. The van der Waals surface area contributed by atoms with Gasteiger partial charge in [0, 0.05) is 71.0 Å². The molecule has 3 fully saturated rings. The first-order valence-corrected chi connectivity index (χ1v) is 50.5. The Labute approximate surface area is 839 Å². The number of benzene rings is 12. The number of hydrogen-bond acceptors (Lipinski definition) is 23. The van der Waals surface area contributed by atoms with Crippen LogP contribution in [0.2, 0.25) is 0 Å². The molecule has 3 aliphatic rings. The van der Waals surface area contributed by atoms with Gasteiger partial charge >= 0.3 is 35.8 Å². The first-order chi connectivity index (χ1) is 68.8. The minimum Gasteiger partial charge on any atom is -0.476 e. The van der Waals surface area contributed by atoms with Crippen LogP contribution >= 0.6 is 46.9 Å². The number of ether oxygens (including phenoxy) is 5. The van der Waals surface area contributed by atoms with Gasteiger partial charge in [-0.15, -0.1) is 20.4 Å². The summed E-state index contributed by atoms with van der Waals surface area (Å²) < 4.78 is 28.5. The molecule has 2 N–H and O–H groups in total. The molecule has 28 heteroatoms. The van der Waals surface area contributed by atoms with E-state index in [1.165, 1.54) is 110 Å². The fraction of sp³-hybridized carbons (Fsp3) is 0.257. The lowest BCUT2D eigenvalue weighted by Gasteiger charge is -2.36. The van der Waals surface area contributed by atoms with Crippen LogP contribution in [0.3, 0.4) is 0 Å². The Bertz CT molecular complexity index is 6360. The van der Waals surface area contributed by atoms with E-state index in [0.717, 1.165) is 121 Å². The van der Waals surface area contributed by atoms with E-state index in [-0.39, 0.29) is 46.9 Å². The average molecular weight is 1960 g/mol. The van der Waals surface area contributed by atoms with Gasteiger partial charge in [-0.3, -0.25) is 14.4 Å². The molecule has 18 rings (SSSR count). The fourth-order valence-corrected chi connectivity index (χ4v) is 19.8. The Kier molecular flexibility index (Phi) is 35.4. The summed E-state index contributed by atoms with van der Waals surface area (Å²) in [6.45, 7) is 16.1. The number of halogens is 1. The summed E-state index contributed by atoms with van der Waals surface area (Å²) in [5.74, 6) is -4.42. The highest BCUT2D eigenvalue weighted by molar-refractivity contribution is 7.99. The lowest BCUT2D eigenvalue weighted by molar-refractivity contribution is -0.157. The third-order valence-electron chi connectivity index (χ3n) is 24.5. The van der Waals surface area contributed by atoms with Crippen LogP contribution in [0.25, 0.3) is 33.4 Å². The van der Waals surface area contributed by atoms with Crippen LogP contribution < -0.4 is 14.7 Å². The quantitative estimate of drug-likeness (QED) is 0.0134. The number of nitrogens with zero attached hydrogens (tertiary/aromatic N) is 11. The number of piperidine rings is 3. The van der Waals surface area contributed by atoms with Gasteiger partial charge in [-0.25, -0.2) is 23.7 Å². The normalized spacial score (nSPS) is 13.2. The van der Waals surface area contributed by atoms with Crippen molar-refractivity contribution in [2.45, 2.75) is 140 Å². The zero-order valence-corrected chi connectivity index (χ0v) is 82.8. The van der Waals surface area contributed by atoms with Crippen LogP contribution in [0, 0.1) is 17.8 Å². The minimum atomic E-state index is -1.12. The van der Waals surface area contributed by atoms with Gasteiger partial charge in [0.15, 0.2) is 32.5 Å². The molecule has 0 spiro atoms. The number of aromatic amines is 1. The van der Waals surface area contributed by atoms with E-state index in [2.05, 4.69) is 147 Å². The van der Waals surface area contributed by atoms with Crippen molar-refractivity contribution in [3.05, 3.63) is 378 Å². The number of esters is 5. The third kappa shape index (κ3) is 25.1. The SMILES string of the molecule is CC(C)C(=O)OCCl.CC(C)C(=O)OCOC(=O)c1c(Sc2ccc(-c3ccc(N4CCCCC4)cc3)cc2)nnn1C(c1ccccc1)(c1ccccc1)c1ccccc1.CC(C)C(=O)OCOC(=O)c1n[nH]nc1Sc1ccc(-c2ccc(N3CCCCC3)cc2)cc1.O=C(O)c1c(Sc2ccc(-c3ccc(N4CCCCC4)cc3)cc2)nnn1C(c1ccccc1)(c1ccccc1)c1ccccc1. The Balaban J connectivity index is 0.000000157. The summed E-state index contributed by atoms with van der Waals surface area (Å²) in [6, 6.07) is 110. The highest BCUT2D eigenvalue weighted by Gasteiger charge is 2.46. The highest BCUT2D eigenvalue weighted by atomic mass is 35.5. The molecule has 3 aromatic heterocycles. The van der Waals surface area contributed by atoms with Crippen molar-refractivity contribution in [2.75, 3.05) is 73.6 Å². The van der Waals surface area contributed by atoms with Gasteiger partial charge in [-0.05, 0) is 197 Å². The summed E-state index contributed by atoms with van der Waals surface area (Å²) in [7, 11) is 0. The Morgan fingerprint density at radius 1 is 0.326 bits per heavy atom. The van der Waals surface area contributed by atoms with E-state index in [9.17, 15) is 33.9 Å². The van der Waals surface area contributed by atoms with E-state index >= 15 is 0 Å². The Hall–Kier alpha value is -14.4. The number of anilines is 3. The first-order valence-electron chi connectivity index (χ1n) is 47.5. The van der Waals surface area contributed by atoms with Crippen molar-refractivity contribution in [2.24, 2.45) is 17.8 Å². The number of aromatic carboxylic acids is 1. The topological polar surface area (TPSA) is 282 Å². The van der Waals surface area contributed by atoms with Crippen LogP contribution in [0.5, 0.6) is 0 Å². The lowest BCUT2D eigenvalue weighted by Crippen LogP contribution is -2.41. The van der Waals surface area contributed by atoms with Crippen LogP contribution in [0.4, 0.5) is 17.1 Å². The molecule has 24 nitrogen and oxygen atoms in total. The molecule has 0 aliphatic carbocycles. The monoisotopic (exact) mass is 1960 g/mol. The van der Waals surface area contributed by atoms with Gasteiger partial charge < -0.3 is 43.5 Å². The number of hydrogen-bond donors (Lipinski definition) is 2. The highest BCUT2D eigenvalue weighted by Crippen LogP contribution is 2.47. The number of carboxylic acid groups (broad SMARTS) is 1. The molecule has 0 unspecified atom stereocenters. The molecule has 0 saturated carbocycles. The van der Waals surface area contributed by atoms with E-state index in [1.54, 1.807) is 50.9 Å². The summed E-state index contributed by atoms with van der Waals surface area (Å²) in [6.07, 6.45) is 11.5. The predicted octanol–water partition coefficient (Wildman–Crippen LogP) is 24.2. The second-order valence-electron chi connectivity index (χ2n) is 34.9. The van der Waals surface area contributed by atoms with E-state index in [0.29, 0.717) is 15.1 Å². The molecular weight excluding hydrogens is 1850 g/mol. The number of carbonyl (C=O) groups excluding carboxylic acids is 5. The maximum absolute atomic E-state index is 14.3. The Morgan fingerprint density at radius 3 is 0.865 bits per heavy atom. The van der Waals surface area contributed by atoms with E-state index in [4.69, 9.17) is 35.8 Å². The van der Waals surface area contributed by atoms with Crippen LogP contribution in [0.1, 0.15) is 164 Å². The number of H-pyrrole nitrogens is 1. The molecule has 0 atom stereocenters. The van der Waals surface area contributed by atoms with Crippen molar-refractivity contribution in [1.29, 1.82) is 0 Å². The van der Waals surface area contributed by atoms with Gasteiger partial charge in [-0.2, -0.15) is 5.21 Å². The maximum atomic E-state index is 14.3. The molecule has 15 aromatic rings. The number of rotatable bonds is 31. The van der Waals surface area contributed by atoms with Crippen molar-refractivity contribution in [3.63, 3.8) is 0 Å². The Morgan fingerprint density at radius 2 is 0.589 bits per heavy atom. The largest absolute Gasteiger partial charge is 0.476 e. The van der Waals surface area contributed by atoms with Crippen LogP contribution in [0.15, 0.2) is 357 Å². The van der Waals surface area contributed by atoms with Gasteiger partial charge in [0.05, 0.1) is 17.8 Å². The van der Waals surface area contributed by atoms with Crippen LogP contribution in [-0.4, -0.2) is 145 Å². The molecule has 3 aliphatic heterocycles. The van der Waals surface area contributed by atoms with Gasteiger partial charge in [0.1, 0.15) is 11.1 Å². The van der Waals surface area contributed by atoms with Gasteiger partial charge in [-0.1, -0.05) is 354 Å². The number of carboxylic acids is 1. The molecule has 0 radical (unpaired) electrons. The number of nitrogens with one attached hydrogen (secondary N) is 1. The number of carbonyl (C=O) groups is 6. The summed E-state index contributed by atoms with van der Waals surface area (Å²) >= 11 is 9.03. The summed E-state index contributed by atoms with van der Waals surface area (Å²) in [5, 5.41) is 40.7. The molecule has 0 bridgehead atoms. The zero-order valence-electron chi connectivity index (χ0n) is 79.6. The zero-order chi connectivity index (χ0) is 98.5. The second-order valence-corrected chi connectivity index (χ2v) is 38.3. The molecule has 6 heterocycles. The van der Waals surface area contributed by atoms with Crippen molar-refractivity contribution >= 4 is 99.8 Å². The van der Waals surface area contributed by atoms with Crippen molar-refractivity contribution < 1.29 is 57.6 Å². The molecule has 141 heavy (non-hydrogen) atoms. The van der Waals surface area contributed by atoms with E-state index < -0.39 is 54.5 Å². The minimum absolute atomic E-state index is 0.0268. The molecule has 722 valence electrons. The maximum Gasteiger partial charge on any atom is 0.364 e. The molecule has 0 amide bonds. The first kappa shape index (κ1) is 101. The fourth-order valence-electron chi connectivity index (χ4n) is 17.2. The number of alkyl halides is 1. The average Bonchev–Trinajstić information content (AvgIpc) is 1.67. The summed E-state index contributed by atoms with van der Waals surface area (Å²) in [4.78, 5) is 83.9. The van der Waals surface area contributed by atoms with Crippen molar-refractivity contribution in [3.8, 4) is 33.4 Å².